The van der Waals surface area contributed by atoms with Crippen molar-refractivity contribution in [3.8, 4) is 5.75 Å². The number of carbonyl (C=O) groups is 1. The van der Waals surface area contributed by atoms with Gasteiger partial charge in [-0.3, -0.25) is 4.79 Å². The number of hydrogen-bond acceptors (Lipinski definition) is 4. The van der Waals surface area contributed by atoms with Gasteiger partial charge in [-0.05, 0) is 37.6 Å². The molecule has 1 aliphatic rings. The Labute approximate surface area is 107 Å². The second kappa shape index (κ2) is 5.87. The summed E-state index contributed by atoms with van der Waals surface area (Å²) in [5, 5.41) is 12.8. The van der Waals surface area contributed by atoms with Gasteiger partial charge >= 0.3 is 5.97 Å². The van der Waals surface area contributed by atoms with Gasteiger partial charge in [0.2, 0.25) is 0 Å². The molecule has 0 radical (unpaired) electrons. The molecule has 0 spiro atoms. The van der Waals surface area contributed by atoms with Gasteiger partial charge < -0.3 is 15.2 Å². The van der Waals surface area contributed by atoms with Crippen molar-refractivity contribution in [2.24, 2.45) is 5.92 Å². The van der Waals surface area contributed by atoms with Crippen molar-refractivity contribution in [1.29, 1.82) is 0 Å². The monoisotopic (exact) mass is 249 g/mol. The van der Waals surface area contributed by atoms with Crippen molar-refractivity contribution in [3.05, 3.63) is 29.8 Å². The minimum absolute atomic E-state index is 0.0740. The Morgan fingerprint density at radius 3 is 3.11 bits per heavy atom. The van der Waals surface area contributed by atoms with Crippen molar-refractivity contribution < 1.29 is 14.6 Å². The van der Waals surface area contributed by atoms with Gasteiger partial charge in [-0.2, -0.15) is 0 Å². The minimum Gasteiger partial charge on any atom is -0.508 e. The third-order valence-electron chi connectivity index (χ3n) is 3.37. The highest BCUT2D eigenvalue weighted by Crippen LogP contribution is 2.31. The number of ether oxygens (including phenoxy) is 1. The van der Waals surface area contributed by atoms with Gasteiger partial charge in [0.05, 0.1) is 12.5 Å². The smallest absolute Gasteiger partial charge is 0.309 e. The van der Waals surface area contributed by atoms with Gasteiger partial charge in [-0.15, -0.1) is 0 Å². The topological polar surface area (TPSA) is 58.6 Å². The summed E-state index contributed by atoms with van der Waals surface area (Å²) < 4.78 is 5.13. The zero-order valence-corrected chi connectivity index (χ0v) is 10.6. The molecule has 2 unspecified atom stereocenters. The Kier molecular flexibility index (Phi) is 4.20. The van der Waals surface area contributed by atoms with E-state index in [1.54, 1.807) is 12.1 Å². The highest BCUT2D eigenvalue weighted by molar-refractivity contribution is 5.74. The molecule has 1 aromatic carbocycles. The summed E-state index contributed by atoms with van der Waals surface area (Å²) in [5.74, 6) is 0.0610. The van der Waals surface area contributed by atoms with Crippen molar-refractivity contribution in [1.82, 2.24) is 5.32 Å². The molecule has 0 saturated carbocycles. The third kappa shape index (κ3) is 2.82. The number of esters is 1. The fraction of sp³-hybridized carbons (Fsp3) is 0.500. The highest BCUT2D eigenvalue weighted by Gasteiger charge is 2.33. The number of rotatable bonds is 3. The van der Waals surface area contributed by atoms with Crippen LogP contribution in [0, 0.1) is 5.92 Å². The zero-order chi connectivity index (χ0) is 13.0. The predicted molar refractivity (Wildman–Crippen MR) is 68.5 cm³/mol. The number of piperidine rings is 1. The van der Waals surface area contributed by atoms with Gasteiger partial charge in [-0.25, -0.2) is 0 Å². The number of carbonyl (C=O) groups excluding carboxylic acids is 1. The summed E-state index contributed by atoms with van der Waals surface area (Å²) >= 11 is 0. The van der Waals surface area contributed by atoms with E-state index >= 15 is 0 Å². The average molecular weight is 249 g/mol. The molecule has 0 amide bonds. The van der Waals surface area contributed by atoms with E-state index in [-0.39, 0.29) is 23.6 Å². The fourth-order valence-corrected chi connectivity index (χ4v) is 2.50. The maximum absolute atomic E-state index is 12.0. The number of nitrogens with one attached hydrogen (secondary N) is 1. The van der Waals surface area contributed by atoms with Crippen molar-refractivity contribution >= 4 is 5.97 Å². The van der Waals surface area contributed by atoms with Gasteiger partial charge in [0.25, 0.3) is 0 Å². The average Bonchev–Trinajstić information content (AvgIpc) is 2.39. The summed E-state index contributed by atoms with van der Waals surface area (Å²) in [6.07, 6.45) is 0.777. The molecule has 4 nitrogen and oxygen atoms in total. The maximum Gasteiger partial charge on any atom is 0.309 e. The van der Waals surface area contributed by atoms with E-state index in [4.69, 9.17) is 4.74 Å². The lowest BCUT2D eigenvalue weighted by atomic mass is 9.81. The van der Waals surface area contributed by atoms with E-state index in [0.29, 0.717) is 6.61 Å². The van der Waals surface area contributed by atoms with Crippen LogP contribution in [0.2, 0.25) is 0 Å². The van der Waals surface area contributed by atoms with Gasteiger partial charge in [0.15, 0.2) is 0 Å². The predicted octanol–water partition coefficient (Wildman–Crippen LogP) is 1.65. The van der Waals surface area contributed by atoms with Crippen LogP contribution in [-0.4, -0.2) is 30.8 Å². The molecular formula is C14H19NO3. The number of benzene rings is 1. The van der Waals surface area contributed by atoms with Gasteiger partial charge in [0.1, 0.15) is 5.75 Å². The lowest BCUT2D eigenvalue weighted by Crippen LogP contribution is -2.39. The molecule has 0 aromatic heterocycles. The van der Waals surface area contributed by atoms with Crippen LogP contribution in [0.15, 0.2) is 24.3 Å². The SMILES string of the molecule is CCOC(=O)C1CCNCC1c1cccc(O)c1. The summed E-state index contributed by atoms with van der Waals surface area (Å²) in [6, 6.07) is 7.12. The van der Waals surface area contributed by atoms with Crippen molar-refractivity contribution in [2.75, 3.05) is 19.7 Å². The molecule has 1 fully saturated rings. The van der Waals surface area contributed by atoms with Crippen molar-refractivity contribution in [3.63, 3.8) is 0 Å². The van der Waals surface area contributed by atoms with Crippen LogP contribution in [0.4, 0.5) is 0 Å². The molecule has 4 heteroatoms. The van der Waals surface area contributed by atoms with Crippen LogP contribution in [0.3, 0.4) is 0 Å². The number of phenolic OH excluding ortho intramolecular Hbond substituents is 1. The Morgan fingerprint density at radius 1 is 1.56 bits per heavy atom. The maximum atomic E-state index is 12.0. The van der Waals surface area contributed by atoms with Crippen LogP contribution in [0.1, 0.15) is 24.8 Å². The van der Waals surface area contributed by atoms with Crippen molar-refractivity contribution in [2.45, 2.75) is 19.3 Å². The number of aromatic hydroxyl groups is 1. The van der Waals surface area contributed by atoms with E-state index in [2.05, 4.69) is 5.32 Å². The molecule has 1 aromatic rings. The molecule has 1 saturated heterocycles. The van der Waals surface area contributed by atoms with Crippen LogP contribution in [0.25, 0.3) is 0 Å². The first-order valence-corrected chi connectivity index (χ1v) is 6.38. The van der Waals surface area contributed by atoms with E-state index in [0.717, 1.165) is 25.1 Å². The molecule has 18 heavy (non-hydrogen) atoms. The standard InChI is InChI=1S/C14H19NO3/c1-2-18-14(17)12-6-7-15-9-13(12)10-4-3-5-11(16)8-10/h3-5,8,12-13,15-16H,2,6-7,9H2,1H3. The molecule has 1 heterocycles. The highest BCUT2D eigenvalue weighted by atomic mass is 16.5. The first-order chi connectivity index (χ1) is 8.72. The van der Waals surface area contributed by atoms with Crippen LogP contribution in [-0.2, 0) is 9.53 Å². The normalized spacial score (nSPS) is 23.6. The summed E-state index contributed by atoms with van der Waals surface area (Å²) in [7, 11) is 0. The molecular weight excluding hydrogens is 230 g/mol. The van der Waals surface area contributed by atoms with Crippen LogP contribution in [0.5, 0.6) is 5.75 Å². The second-order valence-electron chi connectivity index (χ2n) is 4.55. The Hall–Kier alpha value is -1.55. The molecule has 98 valence electrons. The molecule has 2 atom stereocenters. The fourth-order valence-electron chi connectivity index (χ4n) is 2.50. The summed E-state index contributed by atoms with van der Waals surface area (Å²) in [5.41, 5.74) is 0.986. The van der Waals surface area contributed by atoms with E-state index in [1.165, 1.54) is 0 Å². The molecule has 0 bridgehead atoms. The number of phenols is 1. The van der Waals surface area contributed by atoms with E-state index < -0.39 is 0 Å². The van der Waals surface area contributed by atoms with Crippen LogP contribution >= 0.6 is 0 Å². The number of hydrogen-bond donors (Lipinski definition) is 2. The van der Waals surface area contributed by atoms with E-state index in [9.17, 15) is 9.90 Å². The first-order valence-electron chi connectivity index (χ1n) is 6.38. The first kappa shape index (κ1) is 12.9. The minimum atomic E-state index is -0.132. The van der Waals surface area contributed by atoms with Gasteiger partial charge in [0, 0.05) is 12.5 Å². The summed E-state index contributed by atoms with van der Waals surface area (Å²) in [4.78, 5) is 12.0. The molecule has 2 rings (SSSR count). The lowest BCUT2D eigenvalue weighted by molar-refractivity contribution is -0.149. The quantitative estimate of drug-likeness (QED) is 0.800. The molecule has 0 aliphatic carbocycles. The molecule has 1 aliphatic heterocycles. The third-order valence-corrected chi connectivity index (χ3v) is 3.37. The summed E-state index contributed by atoms with van der Waals surface area (Å²) in [6.45, 7) is 3.81. The zero-order valence-electron chi connectivity index (χ0n) is 10.6. The van der Waals surface area contributed by atoms with Crippen LogP contribution < -0.4 is 5.32 Å². The lowest BCUT2D eigenvalue weighted by Gasteiger charge is -2.30. The largest absolute Gasteiger partial charge is 0.508 e. The Morgan fingerprint density at radius 2 is 2.39 bits per heavy atom. The Bertz CT molecular complexity index is 419. The van der Waals surface area contributed by atoms with Gasteiger partial charge in [-0.1, -0.05) is 12.1 Å². The molecule has 2 N–H and O–H groups in total. The second-order valence-corrected chi connectivity index (χ2v) is 4.55. The van der Waals surface area contributed by atoms with E-state index in [1.807, 2.05) is 19.1 Å². The Balaban J connectivity index is 2.20.